The highest BCUT2D eigenvalue weighted by molar-refractivity contribution is 7.48. The van der Waals surface area contributed by atoms with Gasteiger partial charge in [0.2, 0.25) is 0 Å². The minimum Gasteiger partial charge on any atom is -0.404 e. The molecule has 2 aromatic rings. The van der Waals surface area contributed by atoms with Gasteiger partial charge < -0.3 is 14.4 Å². The van der Waals surface area contributed by atoms with E-state index < -0.39 is 37.5 Å². The molecule has 0 saturated carbocycles. The van der Waals surface area contributed by atoms with Crippen LogP contribution in [0.5, 0.6) is 5.75 Å². The number of rotatable bonds is 9. The lowest BCUT2D eigenvalue weighted by Gasteiger charge is -2.21. The van der Waals surface area contributed by atoms with E-state index >= 15 is 0 Å². The molecule has 0 aliphatic carbocycles. The molecule has 32 heavy (non-hydrogen) atoms. The zero-order chi connectivity index (χ0) is 23.3. The van der Waals surface area contributed by atoms with E-state index in [9.17, 15) is 19.3 Å². The second-order valence-electron chi connectivity index (χ2n) is 6.94. The van der Waals surface area contributed by atoms with Crippen molar-refractivity contribution in [2.24, 2.45) is 0 Å². The van der Waals surface area contributed by atoms with Crippen molar-refractivity contribution in [3.8, 4) is 11.8 Å². The Kier molecular flexibility index (Phi) is 7.90. The van der Waals surface area contributed by atoms with Gasteiger partial charge >= 0.3 is 13.5 Å². The Morgan fingerprint density at radius 3 is 2.75 bits per heavy atom. The van der Waals surface area contributed by atoms with E-state index in [0.29, 0.717) is 10.6 Å². The highest BCUT2D eigenvalue weighted by Crippen LogP contribution is 2.50. The fourth-order valence-electron chi connectivity index (χ4n) is 2.92. The van der Waals surface area contributed by atoms with Crippen LogP contribution < -0.4 is 15.8 Å². The molecule has 0 radical (unpaired) electrons. The first-order chi connectivity index (χ1) is 15.2. The van der Waals surface area contributed by atoms with Crippen LogP contribution >= 0.6 is 19.4 Å². The molecule has 0 amide bonds. The number of aliphatic hydroxyl groups excluding tert-OH is 1. The van der Waals surface area contributed by atoms with E-state index in [-0.39, 0.29) is 31.8 Å². The summed E-state index contributed by atoms with van der Waals surface area (Å²) in [4.78, 5) is 25.8. The molecule has 1 aromatic carbocycles. The Morgan fingerprint density at radius 1 is 1.34 bits per heavy atom. The standard InChI is InChI=1S/C19H21ClN3O8P/c1-12-10-23(19(26)22-18(12)25)17-9-15(24)16(30-17)11-29-32(27,28-8-2-7-21)31-14-5-3-13(20)4-6-14/h3-6,10,15-17,24H,2,8-9,11H2,1H3,(H,22,25,26)/t15-,16+,17+,32-/m1/s1. The van der Waals surface area contributed by atoms with Gasteiger partial charge in [0.1, 0.15) is 18.1 Å². The number of halogens is 1. The third kappa shape index (κ3) is 6.07. The SMILES string of the molecule is Cc1cn([C@@H]2C[C@@H](O)[C@H](CO[P@@](=O)(OCCC#N)Oc3ccc(Cl)cc3)O2)c(=O)[nH]c1=O. The van der Waals surface area contributed by atoms with Gasteiger partial charge in [-0.2, -0.15) is 5.26 Å². The first-order valence-corrected chi connectivity index (χ1v) is 11.4. The van der Waals surface area contributed by atoms with Crippen molar-refractivity contribution in [2.75, 3.05) is 13.2 Å². The predicted octanol–water partition coefficient (Wildman–Crippen LogP) is 2.28. The van der Waals surface area contributed by atoms with Gasteiger partial charge in [0.15, 0.2) is 0 Å². The first kappa shape index (κ1) is 24.2. The van der Waals surface area contributed by atoms with Crippen molar-refractivity contribution in [1.29, 1.82) is 5.26 Å². The number of nitrogens with zero attached hydrogens (tertiary/aromatic N) is 2. The highest BCUT2D eigenvalue weighted by Gasteiger charge is 2.39. The second kappa shape index (κ2) is 10.4. The lowest BCUT2D eigenvalue weighted by atomic mass is 10.2. The smallest absolute Gasteiger partial charge is 0.404 e. The molecule has 1 fully saturated rings. The normalized spacial score (nSPS) is 22.2. The number of nitrogens with one attached hydrogen (secondary N) is 1. The number of benzene rings is 1. The highest BCUT2D eigenvalue weighted by atomic mass is 35.5. The number of aliphatic hydroxyl groups is 1. The fourth-order valence-corrected chi connectivity index (χ4v) is 4.25. The summed E-state index contributed by atoms with van der Waals surface area (Å²) >= 11 is 5.83. The molecule has 0 bridgehead atoms. The summed E-state index contributed by atoms with van der Waals surface area (Å²) in [5.74, 6) is 0.163. The summed E-state index contributed by atoms with van der Waals surface area (Å²) in [5.41, 5.74) is -0.899. The van der Waals surface area contributed by atoms with Gasteiger partial charge in [-0.15, -0.1) is 0 Å². The Bertz CT molecular complexity index is 1140. The van der Waals surface area contributed by atoms with Crippen molar-refractivity contribution in [3.05, 3.63) is 61.9 Å². The maximum Gasteiger partial charge on any atom is 0.530 e. The fraction of sp³-hybridized carbons (Fsp3) is 0.421. The molecule has 1 aliphatic heterocycles. The van der Waals surface area contributed by atoms with E-state index in [1.165, 1.54) is 37.4 Å². The summed E-state index contributed by atoms with van der Waals surface area (Å²) in [6, 6.07) is 7.83. The first-order valence-electron chi connectivity index (χ1n) is 9.57. The van der Waals surface area contributed by atoms with Crippen molar-refractivity contribution < 1.29 is 28.0 Å². The molecule has 2 N–H and O–H groups in total. The molecule has 1 aliphatic rings. The van der Waals surface area contributed by atoms with Gasteiger partial charge in [-0.1, -0.05) is 11.6 Å². The van der Waals surface area contributed by atoms with Crippen LogP contribution in [0.3, 0.4) is 0 Å². The Morgan fingerprint density at radius 2 is 2.06 bits per heavy atom. The molecule has 4 atom stereocenters. The maximum absolute atomic E-state index is 13.1. The summed E-state index contributed by atoms with van der Waals surface area (Å²) in [5, 5.41) is 19.5. The minimum absolute atomic E-state index is 0.0387. The zero-order valence-corrected chi connectivity index (χ0v) is 18.6. The van der Waals surface area contributed by atoms with Crippen LogP contribution in [0.2, 0.25) is 5.02 Å². The third-order valence-corrected chi connectivity index (χ3v) is 6.20. The number of hydrogen-bond donors (Lipinski definition) is 2. The average Bonchev–Trinajstić information content (AvgIpc) is 3.11. The average molecular weight is 486 g/mol. The summed E-state index contributed by atoms with van der Waals surface area (Å²) in [6.07, 6.45) is -1.55. The van der Waals surface area contributed by atoms with E-state index in [1.807, 2.05) is 6.07 Å². The van der Waals surface area contributed by atoms with Gasteiger partial charge in [0.25, 0.3) is 5.56 Å². The number of aromatic amines is 1. The maximum atomic E-state index is 13.1. The lowest BCUT2D eigenvalue weighted by Crippen LogP contribution is -2.33. The van der Waals surface area contributed by atoms with Gasteiger partial charge in [-0.3, -0.25) is 23.4 Å². The van der Waals surface area contributed by atoms with Gasteiger partial charge in [-0.25, -0.2) is 9.36 Å². The van der Waals surface area contributed by atoms with Crippen LogP contribution in [-0.4, -0.2) is 40.1 Å². The largest absolute Gasteiger partial charge is 0.530 e. The van der Waals surface area contributed by atoms with Crippen LogP contribution in [0.15, 0.2) is 40.1 Å². The van der Waals surface area contributed by atoms with Crippen molar-refractivity contribution >= 4 is 19.4 Å². The molecule has 3 rings (SSSR count). The molecular weight excluding hydrogens is 465 g/mol. The van der Waals surface area contributed by atoms with Crippen molar-refractivity contribution in [2.45, 2.75) is 38.2 Å². The van der Waals surface area contributed by atoms with Gasteiger partial charge in [-0.05, 0) is 31.2 Å². The van der Waals surface area contributed by atoms with Gasteiger partial charge in [0.05, 0.1) is 31.8 Å². The molecular formula is C19H21ClN3O8P. The predicted molar refractivity (Wildman–Crippen MR) is 112 cm³/mol. The number of phosphoric ester groups is 1. The molecule has 2 heterocycles. The van der Waals surface area contributed by atoms with Gasteiger partial charge in [0, 0.05) is 23.2 Å². The molecule has 1 saturated heterocycles. The van der Waals surface area contributed by atoms with Crippen LogP contribution in [0.4, 0.5) is 0 Å². The second-order valence-corrected chi connectivity index (χ2v) is 8.97. The molecule has 172 valence electrons. The number of hydrogen-bond acceptors (Lipinski definition) is 9. The Balaban J connectivity index is 1.69. The van der Waals surface area contributed by atoms with Crippen LogP contribution in [0.1, 0.15) is 24.6 Å². The third-order valence-electron chi connectivity index (χ3n) is 4.55. The number of phosphoric acid groups is 1. The molecule has 13 heteroatoms. The summed E-state index contributed by atoms with van der Waals surface area (Å²) in [7, 11) is -4.18. The molecule has 11 nitrogen and oxygen atoms in total. The van der Waals surface area contributed by atoms with Crippen LogP contribution in [0, 0.1) is 18.3 Å². The molecule has 1 aromatic heterocycles. The number of H-pyrrole nitrogens is 1. The summed E-state index contributed by atoms with van der Waals surface area (Å²) in [6.45, 7) is 0.944. The van der Waals surface area contributed by atoms with E-state index in [2.05, 4.69) is 4.98 Å². The minimum atomic E-state index is -4.18. The molecule has 0 unspecified atom stereocenters. The van der Waals surface area contributed by atoms with E-state index in [0.717, 1.165) is 4.57 Å². The number of aryl methyl sites for hydroxylation is 1. The Hall–Kier alpha value is -2.45. The number of ether oxygens (including phenoxy) is 1. The van der Waals surface area contributed by atoms with Crippen molar-refractivity contribution in [3.63, 3.8) is 0 Å². The van der Waals surface area contributed by atoms with Crippen molar-refractivity contribution in [1.82, 2.24) is 9.55 Å². The Labute approximate surface area is 187 Å². The zero-order valence-electron chi connectivity index (χ0n) is 17.0. The molecule has 0 spiro atoms. The quantitative estimate of drug-likeness (QED) is 0.402. The summed E-state index contributed by atoms with van der Waals surface area (Å²) < 4.78 is 35.8. The monoisotopic (exact) mass is 485 g/mol. The van der Waals surface area contributed by atoms with Crippen LogP contribution in [-0.2, 0) is 18.3 Å². The topological polar surface area (TPSA) is 153 Å². The number of nitriles is 1. The van der Waals surface area contributed by atoms with E-state index in [1.54, 1.807) is 0 Å². The van der Waals surface area contributed by atoms with Crippen LogP contribution in [0.25, 0.3) is 0 Å². The van der Waals surface area contributed by atoms with E-state index in [4.69, 9.17) is 35.2 Å². The number of aromatic nitrogens is 2. The lowest BCUT2D eigenvalue weighted by molar-refractivity contribution is -0.0460.